The molecule has 1 amide bonds. The molecule has 132 valence electrons. The van der Waals surface area contributed by atoms with Gasteiger partial charge in [-0.05, 0) is 23.5 Å². The van der Waals surface area contributed by atoms with E-state index < -0.39 is 7.12 Å². The van der Waals surface area contributed by atoms with Gasteiger partial charge in [-0.15, -0.1) is 0 Å². The second-order valence-corrected chi connectivity index (χ2v) is 6.44. The summed E-state index contributed by atoms with van der Waals surface area (Å²) in [4.78, 5) is 25.8. The molecule has 0 bridgehead atoms. The van der Waals surface area contributed by atoms with E-state index in [1.807, 2.05) is 27.1 Å². The number of carbonyl (C=O) groups is 2. The van der Waals surface area contributed by atoms with E-state index in [-0.39, 0.29) is 22.9 Å². The van der Waals surface area contributed by atoms with Gasteiger partial charge in [-0.25, -0.2) is 0 Å². The van der Waals surface area contributed by atoms with Gasteiger partial charge in [-0.1, -0.05) is 19.9 Å². The largest absolute Gasteiger partial charge is 0.489 e. The van der Waals surface area contributed by atoms with Gasteiger partial charge in [0.15, 0.2) is 0 Å². The van der Waals surface area contributed by atoms with Crippen LogP contribution in [0.2, 0.25) is 0 Å². The summed E-state index contributed by atoms with van der Waals surface area (Å²) in [5.41, 5.74) is 1.41. The van der Waals surface area contributed by atoms with Crippen molar-refractivity contribution in [2.75, 3.05) is 6.54 Å². The lowest BCUT2D eigenvalue weighted by Crippen LogP contribution is -2.36. The van der Waals surface area contributed by atoms with Gasteiger partial charge in [0.1, 0.15) is 6.29 Å². The maximum Gasteiger partial charge on any atom is 0.489 e. The Kier molecular flexibility index (Phi) is 6.11. The number of rotatable bonds is 7. The molecule has 8 heteroatoms. The fourth-order valence-corrected chi connectivity index (χ4v) is 2.66. The summed E-state index contributed by atoms with van der Waals surface area (Å²) in [6.45, 7) is 5.00. The number of hydrogen-bond acceptors (Lipinski definition) is 5. The molecule has 1 aromatic carbocycles. The van der Waals surface area contributed by atoms with Gasteiger partial charge in [0.25, 0.3) is 5.91 Å². The molecule has 0 aliphatic carbocycles. The Labute approximate surface area is 147 Å². The molecule has 1 heterocycles. The molecule has 2 N–H and O–H groups in total. The highest BCUT2D eigenvalue weighted by Crippen LogP contribution is 2.13. The number of hydrogen-bond donors (Lipinski definition) is 2. The minimum absolute atomic E-state index is 0.0780. The summed E-state index contributed by atoms with van der Waals surface area (Å²) < 4.78 is 1.68. The van der Waals surface area contributed by atoms with E-state index in [9.17, 15) is 19.6 Å². The van der Waals surface area contributed by atoms with Crippen LogP contribution in [0.3, 0.4) is 0 Å². The lowest BCUT2D eigenvalue weighted by atomic mass is 9.76. The van der Waals surface area contributed by atoms with Crippen LogP contribution in [0.15, 0.2) is 30.6 Å². The minimum Gasteiger partial charge on any atom is -0.423 e. The Morgan fingerprint density at radius 2 is 2.12 bits per heavy atom. The molecule has 0 aliphatic rings. The zero-order valence-electron chi connectivity index (χ0n) is 14.6. The summed E-state index contributed by atoms with van der Waals surface area (Å²) in [6.07, 6.45) is 4.07. The first-order valence-electron chi connectivity index (χ1n) is 8.04. The molecule has 1 aromatic heterocycles. The molecule has 0 unspecified atom stereocenters. The first kappa shape index (κ1) is 18.9. The van der Waals surface area contributed by atoms with E-state index in [0.717, 1.165) is 5.56 Å². The van der Waals surface area contributed by atoms with Crippen molar-refractivity contribution in [3.05, 3.63) is 47.3 Å². The standard InChI is InChI=1S/C17H22BN3O4/c1-12(2)8-21(10-13-7-19-20(3)9-13)17(23)14-4-5-16(18(24)25)15(6-14)11-22/h4-7,9,11-12,24-25H,8,10H2,1-3H3. The molecule has 0 atom stereocenters. The quantitative estimate of drug-likeness (QED) is 0.554. The first-order chi connectivity index (χ1) is 11.8. The number of carbonyl (C=O) groups excluding carboxylic acids is 2. The smallest absolute Gasteiger partial charge is 0.423 e. The topological polar surface area (TPSA) is 95.7 Å². The van der Waals surface area contributed by atoms with Crippen LogP contribution in [-0.4, -0.2) is 50.6 Å². The average Bonchev–Trinajstić information content (AvgIpc) is 2.97. The Bertz CT molecular complexity index is 758. The Morgan fingerprint density at radius 3 is 2.64 bits per heavy atom. The third-order valence-corrected chi connectivity index (χ3v) is 3.74. The second kappa shape index (κ2) is 8.09. The fourth-order valence-electron chi connectivity index (χ4n) is 2.66. The third kappa shape index (κ3) is 4.77. The summed E-state index contributed by atoms with van der Waals surface area (Å²) in [5, 5.41) is 22.7. The van der Waals surface area contributed by atoms with E-state index >= 15 is 0 Å². The Morgan fingerprint density at radius 1 is 1.40 bits per heavy atom. The maximum absolute atomic E-state index is 12.9. The molecule has 0 radical (unpaired) electrons. The van der Waals surface area contributed by atoms with Crippen LogP contribution in [-0.2, 0) is 13.6 Å². The van der Waals surface area contributed by atoms with Crippen LogP contribution in [0.25, 0.3) is 0 Å². The number of aryl methyl sites for hydroxylation is 1. The van der Waals surface area contributed by atoms with Gasteiger partial charge < -0.3 is 14.9 Å². The molecule has 2 aromatic rings. The number of nitrogens with zero attached hydrogens (tertiary/aromatic N) is 3. The molecule has 0 aliphatic heterocycles. The lowest BCUT2D eigenvalue weighted by molar-refractivity contribution is 0.0722. The van der Waals surface area contributed by atoms with Crippen LogP contribution in [0, 0.1) is 5.92 Å². The Hall–Kier alpha value is -2.45. The zero-order valence-corrected chi connectivity index (χ0v) is 14.6. The number of aldehydes is 1. The number of aromatic nitrogens is 2. The van der Waals surface area contributed by atoms with Gasteiger partial charge in [0, 0.05) is 43.0 Å². The average molecular weight is 343 g/mol. The second-order valence-electron chi connectivity index (χ2n) is 6.44. The fraction of sp³-hybridized carbons (Fsp3) is 0.353. The predicted molar refractivity (Wildman–Crippen MR) is 94.4 cm³/mol. The van der Waals surface area contributed by atoms with E-state index in [0.29, 0.717) is 24.9 Å². The highest BCUT2D eigenvalue weighted by atomic mass is 16.4. The predicted octanol–water partition coefficient (Wildman–Crippen LogP) is 0.211. The number of amides is 1. The van der Waals surface area contributed by atoms with Crippen LogP contribution in [0.5, 0.6) is 0 Å². The first-order valence-corrected chi connectivity index (χ1v) is 8.04. The monoisotopic (exact) mass is 343 g/mol. The highest BCUT2D eigenvalue weighted by Gasteiger charge is 2.21. The van der Waals surface area contributed by atoms with Crippen molar-refractivity contribution in [3.63, 3.8) is 0 Å². The summed E-state index contributed by atoms with van der Waals surface area (Å²) in [6, 6.07) is 4.28. The maximum atomic E-state index is 12.9. The summed E-state index contributed by atoms with van der Waals surface area (Å²) in [7, 11) is 0.0550. The van der Waals surface area contributed by atoms with Gasteiger partial charge >= 0.3 is 7.12 Å². The van der Waals surface area contributed by atoms with Gasteiger partial charge in [-0.3, -0.25) is 14.3 Å². The normalized spacial score (nSPS) is 10.8. The molecule has 0 spiro atoms. The van der Waals surface area contributed by atoms with E-state index in [4.69, 9.17) is 0 Å². The van der Waals surface area contributed by atoms with Crippen LogP contribution < -0.4 is 5.46 Å². The van der Waals surface area contributed by atoms with Crippen LogP contribution in [0.1, 0.15) is 40.1 Å². The van der Waals surface area contributed by atoms with Crippen LogP contribution >= 0.6 is 0 Å². The van der Waals surface area contributed by atoms with Crippen molar-refractivity contribution in [2.45, 2.75) is 20.4 Å². The molecule has 2 rings (SSSR count). The van der Waals surface area contributed by atoms with Crippen molar-refractivity contribution in [1.29, 1.82) is 0 Å². The zero-order chi connectivity index (χ0) is 18.6. The van der Waals surface area contributed by atoms with Crippen molar-refractivity contribution in [2.24, 2.45) is 13.0 Å². The Balaban J connectivity index is 2.30. The molecular formula is C17H22BN3O4. The number of benzene rings is 1. The van der Waals surface area contributed by atoms with E-state index in [1.54, 1.807) is 15.8 Å². The van der Waals surface area contributed by atoms with Crippen molar-refractivity contribution < 1.29 is 19.6 Å². The van der Waals surface area contributed by atoms with Crippen molar-refractivity contribution in [1.82, 2.24) is 14.7 Å². The minimum atomic E-state index is -1.76. The lowest BCUT2D eigenvalue weighted by Gasteiger charge is -2.24. The molecular weight excluding hydrogens is 321 g/mol. The van der Waals surface area contributed by atoms with Crippen LogP contribution in [0.4, 0.5) is 0 Å². The van der Waals surface area contributed by atoms with E-state index in [2.05, 4.69) is 5.10 Å². The SMILES string of the molecule is CC(C)CN(Cc1cnn(C)c1)C(=O)c1ccc(B(O)O)c(C=O)c1. The van der Waals surface area contributed by atoms with Crippen molar-refractivity contribution in [3.8, 4) is 0 Å². The van der Waals surface area contributed by atoms with Crippen molar-refractivity contribution >= 4 is 24.8 Å². The van der Waals surface area contributed by atoms with Gasteiger partial charge in [0.2, 0.25) is 0 Å². The molecule has 25 heavy (non-hydrogen) atoms. The summed E-state index contributed by atoms with van der Waals surface area (Å²) in [5.74, 6) is 0.0457. The van der Waals surface area contributed by atoms with Gasteiger partial charge in [-0.2, -0.15) is 5.10 Å². The molecule has 0 fully saturated rings. The van der Waals surface area contributed by atoms with Gasteiger partial charge in [0.05, 0.1) is 6.20 Å². The summed E-state index contributed by atoms with van der Waals surface area (Å²) >= 11 is 0. The highest BCUT2D eigenvalue weighted by molar-refractivity contribution is 6.60. The van der Waals surface area contributed by atoms with E-state index in [1.165, 1.54) is 18.2 Å². The molecule has 7 nitrogen and oxygen atoms in total. The third-order valence-electron chi connectivity index (χ3n) is 3.74. The molecule has 0 saturated carbocycles. The molecule has 0 saturated heterocycles.